The fraction of sp³-hybridized carbons (Fsp3) is 0.111. The molecule has 2 N–H and O–H groups in total. The summed E-state index contributed by atoms with van der Waals surface area (Å²) in [6.07, 6.45) is 0. The van der Waals surface area contributed by atoms with Gasteiger partial charge in [0.1, 0.15) is 5.82 Å². The zero-order valence-corrected chi connectivity index (χ0v) is 13.5. The summed E-state index contributed by atoms with van der Waals surface area (Å²) in [6, 6.07) is 14.7. The van der Waals surface area contributed by atoms with E-state index in [1.165, 1.54) is 0 Å². The minimum Gasteiger partial charge on any atom is -0.343 e. The second kappa shape index (κ2) is 5.86. The Balaban J connectivity index is 1.63. The van der Waals surface area contributed by atoms with Crippen LogP contribution < -0.4 is 10.9 Å². The van der Waals surface area contributed by atoms with E-state index in [4.69, 9.17) is 0 Å². The van der Waals surface area contributed by atoms with E-state index in [9.17, 15) is 9.59 Å². The average molecular weight is 333 g/mol. The van der Waals surface area contributed by atoms with Crippen LogP contribution in [0.2, 0.25) is 0 Å². The van der Waals surface area contributed by atoms with Crippen LogP contribution in [-0.4, -0.2) is 25.7 Å². The van der Waals surface area contributed by atoms with Crippen molar-refractivity contribution in [3.8, 4) is 0 Å². The summed E-state index contributed by atoms with van der Waals surface area (Å²) < 4.78 is 1.94. The number of carbonyl (C=O) groups is 1. The van der Waals surface area contributed by atoms with E-state index in [0.717, 1.165) is 16.9 Å². The molecular formula is C18H15N5O2. The molecule has 0 saturated carbocycles. The molecule has 7 nitrogen and oxygen atoms in total. The second-order valence-corrected chi connectivity index (χ2v) is 5.71. The number of rotatable bonds is 3. The normalized spacial score (nSPS) is 11.1. The lowest BCUT2D eigenvalue weighted by Crippen LogP contribution is -2.27. The number of H-pyrrole nitrogens is 1. The van der Waals surface area contributed by atoms with Crippen molar-refractivity contribution in [3.05, 3.63) is 70.4 Å². The van der Waals surface area contributed by atoms with Gasteiger partial charge >= 0.3 is 0 Å². The standard InChI is InChI=1S/C18H15N5O2/c1-23-14-9-5-4-8-13(14)20-15(23)10-19-18(25)16-11-6-2-3-7-12(11)17(24)22-21-16/h2-9H,10H2,1H3,(H,19,25)(H,22,24). The van der Waals surface area contributed by atoms with Crippen LogP contribution in [0.15, 0.2) is 53.3 Å². The van der Waals surface area contributed by atoms with Gasteiger partial charge < -0.3 is 9.88 Å². The van der Waals surface area contributed by atoms with Crippen molar-refractivity contribution in [1.82, 2.24) is 25.1 Å². The van der Waals surface area contributed by atoms with Crippen LogP contribution >= 0.6 is 0 Å². The van der Waals surface area contributed by atoms with E-state index >= 15 is 0 Å². The van der Waals surface area contributed by atoms with Crippen LogP contribution in [0, 0.1) is 0 Å². The maximum Gasteiger partial charge on any atom is 0.272 e. The van der Waals surface area contributed by atoms with Crippen molar-refractivity contribution < 1.29 is 4.79 Å². The summed E-state index contributed by atoms with van der Waals surface area (Å²) >= 11 is 0. The molecule has 1 amide bonds. The van der Waals surface area contributed by atoms with Crippen molar-refractivity contribution in [2.24, 2.45) is 7.05 Å². The number of hydrogen-bond donors (Lipinski definition) is 2. The lowest BCUT2D eigenvalue weighted by atomic mass is 10.1. The van der Waals surface area contributed by atoms with E-state index in [1.807, 2.05) is 35.9 Å². The number of aromatic nitrogens is 4. The quantitative estimate of drug-likeness (QED) is 0.597. The Morgan fingerprint density at radius 3 is 2.64 bits per heavy atom. The monoisotopic (exact) mass is 333 g/mol. The zero-order valence-electron chi connectivity index (χ0n) is 13.5. The van der Waals surface area contributed by atoms with Crippen molar-refractivity contribution in [2.45, 2.75) is 6.54 Å². The first-order chi connectivity index (χ1) is 12.1. The molecule has 0 spiro atoms. The highest BCUT2D eigenvalue weighted by molar-refractivity contribution is 6.04. The molecule has 0 aliphatic carbocycles. The number of nitrogens with zero attached hydrogens (tertiary/aromatic N) is 3. The SMILES string of the molecule is Cn1c(CNC(=O)c2n[nH]c(=O)c3ccccc23)nc2ccccc21. The molecule has 25 heavy (non-hydrogen) atoms. The van der Waals surface area contributed by atoms with Gasteiger partial charge in [-0.05, 0) is 18.2 Å². The molecule has 2 aromatic heterocycles. The number of benzene rings is 2. The van der Waals surface area contributed by atoms with E-state index in [1.54, 1.807) is 24.3 Å². The highest BCUT2D eigenvalue weighted by Gasteiger charge is 2.15. The molecule has 0 radical (unpaired) electrons. The van der Waals surface area contributed by atoms with Crippen LogP contribution in [0.1, 0.15) is 16.3 Å². The van der Waals surface area contributed by atoms with E-state index in [2.05, 4.69) is 20.5 Å². The highest BCUT2D eigenvalue weighted by Crippen LogP contribution is 2.15. The molecular weight excluding hydrogens is 318 g/mol. The largest absolute Gasteiger partial charge is 0.343 e. The Labute approximate surface area is 142 Å². The van der Waals surface area contributed by atoms with Crippen LogP contribution in [-0.2, 0) is 13.6 Å². The summed E-state index contributed by atoms with van der Waals surface area (Å²) in [5.41, 5.74) is 1.75. The predicted octanol–water partition coefficient (Wildman–Crippen LogP) is 1.74. The van der Waals surface area contributed by atoms with Crippen molar-refractivity contribution in [2.75, 3.05) is 0 Å². The molecule has 0 atom stereocenters. The van der Waals surface area contributed by atoms with Crippen molar-refractivity contribution in [3.63, 3.8) is 0 Å². The van der Waals surface area contributed by atoms with Crippen molar-refractivity contribution in [1.29, 1.82) is 0 Å². The number of imidazole rings is 1. The Morgan fingerprint density at radius 2 is 1.84 bits per heavy atom. The number of amides is 1. The Bertz CT molecular complexity index is 1160. The summed E-state index contributed by atoms with van der Waals surface area (Å²) in [7, 11) is 1.91. The van der Waals surface area contributed by atoms with Gasteiger partial charge in [-0.15, -0.1) is 0 Å². The summed E-state index contributed by atoms with van der Waals surface area (Å²) in [5, 5.41) is 10.1. The molecule has 0 aliphatic heterocycles. The van der Waals surface area contributed by atoms with Crippen LogP contribution in [0.3, 0.4) is 0 Å². The molecule has 2 aromatic carbocycles. The molecule has 0 fully saturated rings. The molecule has 0 saturated heterocycles. The fourth-order valence-electron chi connectivity index (χ4n) is 2.88. The molecule has 0 bridgehead atoms. The van der Waals surface area contributed by atoms with Crippen molar-refractivity contribution >= 4 is 27.7 Å². The van der Waals surface area contributed by atoms with Crippen LogP contribution in [0.5, 0.6) is 0 Å². The molecule has 2 heterocycles. The number of para-hydroxylation sites is 2. The highest BCUT2D eigenvalue weighted by atomic mass is 16.2. The van der Waals surface area contributed by atoms with Gasteiger partial charge in [0, 0.05) is 12.4 Å². The summed E-state index contributed by atoms with van der Waals surface area (Å²) in [6.45, 7) is 0.263. The van der Waals surface area contributed by atoms with E-state index in [0.29, 0.717) is 10.8 Å². The smallest absolute Gasteiger partial charge is 0.272 e. The summed E-state index contributed by atoms with van der Waals surface area (Å²) in [4.78, 5) is 28.9. The third-order valence-electron chi connectivity index (χ3n) is 4.20. The molecule has 0 aliphatic rings. The first-order valence-corrected chi connectivity index (χ1v) is 7.81. The van der Waals surface area contributed by atoms with E-state index < -0.39 is 0 Å². The fourth-order valence-corrected chi connectivity index (χ4v) is 2.88. The molecule has 124 valence electrons. The Kier molecular flexibility index (Phi) is 3.53. The third kappa shape index (κ3) is 2.55. The van der Waals surface area contributed by atoms with Gasteiger partial charge in [0.2, 0.25) is 0 Å². The lowest BCUT2D eigenvalue weighted by molar-refractivity contribution is 0.0945. The number of fused-ring (bicyclic) bond motifs is 2. The average Bonchev–Trinajstić information content (AvgIpc) is 2.96. The first kappa shape index (κ1) is 15.1. The second-order valence-electron chi connectivity index (χ2n) is 5.71. The predicted molar refractivity (Wildman–Crippen MR) is 94.2 cm³/mol. The van der Waals surface area contributed by atoms with Gasteiger partial charge in [-0.2, -0.15) is 5.10 Å². The van der Waals surface area contributed by atoms with Crippen LogP contribution in [0.25, 0.3) is 21.8 Å². The first-order valence-electron chi connectivity index (χ1n) is 7.81. The maximum atomic E-state index is 12.5. The minimum atomic E-state index is -0.362. The zero-order chi connectivity index (χ0) is 17.4. The number of nitrogens with one attached hydrogen (secondary N) is 2. The Morgan fingerprint density at radius 1 is 1.12 bits per heavy atom. The molecule has 7 heteroatoms. The van der Waals surface area contributed by atoms with Gasteiger partial charge in [-0.1, -0.05) is 30.3 Å². The number of aromatic amines is 1. The Hall–Kier alpha value is -3.48. The van der Waals surface area contributed by atoms with E-state index in [-0.39, 0.29) is 23.7 Å². The van der Waals surface area contributed by atoms with Gasteiger partial charge in [-0.3, -0.25) is 9.59 Å². The topological polar surface area (TPSA) is 92.7 Å². The lowest BCUT2D eigenvalue weighted by Gasteiger charge is -2.07. The molecule has 4 rings (SSSR count). The molecule has 0 unspecified atom stereocenters. The van der Waals surface area contributed by atoms with Gasteiger partial charge in [0.25, 0.3) is 11.5 Å². The van der Waals surface area contributed by atoms with Gasteiger partial charge in [0.15, 0.2) is 5.69 Å². The minimum absolute atomic E-state index is 0.189. The van der Waals surface area contributed by atoms with Crippen LogP contribution in [0.4, 0.5) is 0 Å². The maximum absolute atomic E-state index is 12.5. The molecule has 4 aromatic rings. The summed E-state index contributed by atoms with van der Waals surface area (Å²) in [5.74, 6) is 0.378. The number of aryl methyl sites for hydroxylation is 1. The van der Waals surface area contributed by atoms with Gasteiger partial charge in [-0.25, -0.2) is 10.1 Å². The third-order valence-corrected chi connectivity index (χ3v) is 4.20. The number of hydrogen-bond acceptors (Lipinski definition) is 4. The number of carbonyl (C=O) groups excluding carboxylic acids is 1. The van der Waals surface area contributed by atoms with Gasteiger partial charge in [0.05, 0.1) is 23.0 Å².